The van der Waals surface area contributed by atoms with Gasteiger partial charge in [-0.25, -0.2) is 0 Å². The van der Waals surface area contributed by atoms with E-state index in [4.69, 9.17) is 0 Å². The van der Waals surface area contributed by atoms with Crippen LogP contribution < -0.4 is 25.5 Å². The smallest absolute Gasteiger partial charge is 0.264 e. The molecular formula is C72H85BN2S. The van der Waals surface area contributed by atoms with Crippen LogP contribution in [0.5, 0.6) is 0 Å². The van der Waals surface area contributed by atoms with Gasteiger partial charge in [-0.15, -0.1) is 11.3 Å². The SMILES string of the molecule is Cc1cc2c3c(c1)N(c1ccc4c(c1)C(C)(C)CCC4(C)C)c1c(sc4cc5c(cc14)C(C)(C)CCC5(C)C)B3c1cc3c(cc1N2c1cc2c(cc1-c1ccccc1C)C(C)(C)CCC2(C)C)C(C)(C)CCC3(C)C. The molecule has 0 N–H and O–H groups in total. The Bertz CT molecular complexity index is 3660. The van der Waals surface area contributed by atoms with Gasteiger partial charge in [0.05, 0.1) is 11.4 Å². The Morgan fingerprint density at radius 1 is 0.395 bits per heavy atom. The molecule has 1 aromatic heterocycles. The summed E-state index contributed by atoms with van der Waals surface area (Å²) in [6.45, 7) is 44.8. The summed E-state index contributed by atoms with van der Waals surface area (Å²) in [4.78, 5) is 5.60. The molecule has 2 nitrogen and oxygen atoms in total. The molecule has 0 fully saturated rings. The van der Waals surface area contributed by atoms with Crippen LogP contribution in [0.2, 0.25) is 0 Å². The number of rotatable bonds is 3. The van der Waals surface area contributed by atoms with Gasteiger partial charge in [-0.05, 0) is 235 Å². The van der Waals surface area contributed by atoms with Gasteiger partial charge in [0.25, 0.3) is 6.71 Å². The topological polar surface area (TPSA) is 6.48 Å². The Hall–Kier alpha value is -5.06. The Kier molecular flexibility index (Phi) is 10.5. The zero-order valence-corrected chi connectivity index (χ0v) is 50.5. The molecule has 3 heterocycles. The summed E-state index contributed by atoms with van der Waals surface area (Å²) in [5.74, 6) is 0. The molecule has 0 spiro atoms. The molecule has 4 heteroatoms. The summed E-state index contributed by atoms with van der Waals surface area (Å²) < 4.78 is 2.92. The third-order valence-corrected chi connectivity index (χ3v) is 22.7. The van der Waals surface area contributed by atoms with Crippen LogP contribution in [-0.2, 0) is 43.3 Å². The number of thiophene rings is 1. The van der Waals surface area contributed by atoms with E-state index in [1.54, 1.807) is 5.56 Å². The minimum atomic E-state index is 0.0266. The van der Waals surface area contributed by atoms with E-state index in [1.165, 1.54) is 172 Å². The number of nitrogens with zero attached hydrogens (tertiary/aromatic N) is 2. The second-order valence-electron chi connectivity index (χ2n) is 30.5. The summed E-state index contributed by atoms with van der Waals surface area (Å²) >= 11 is 2.10. The summed E-state index contributed by atoms with van der Waals surface area (Å²) in [5, 5.41) is 1.42. The first-order chi connectivity index (χ1) is 35.4. The molecule has 0 unspecified atom stereocenters. The highest BCUT2D eigenvalue weighted by Crippen LogP contribution is 2.58. The first-order valence-electron chi connectivity index (χ1n) is 29.4. The van der Waals surface area contributed by atoms with Crippen molar-refractivity contribution in [2.75, 3.05) is 9.80 Å². The van der Waals surface area contributed by atoms with E-state index in [-0.39, 0.29) is 50.0 Å². The van der Waals surface area contributed by atoms with Crippen LogP contribution in [0, 0.1) is 13.8 Å². The molecule has 4 aliphatic carbocycles. The zero-order chi connectivity index (χ0) is 54.0. The lowest BCUT2D eigenvalue weighted by atomic mass is 9.35. The van der Waals surface area contributed by atoms with E-state index < -0.39 is 0 Å². The Balaban J connectivity index is 1.20. The second kappa shape index (κ2) is 15.8. The average Bonchev–Trinajstić information content (AvgIpc) is 3.88. The van der Waals surface area contributed by atoms with E-state index in [0.29, 0.717) is 0 Å². The van der Waals surface area contributed by atoms with Crippen LogP contribution in [0.1, 0.15) is 218 Å². The van der Waals surface area contributed by atoms with Gasteiger partial charge in [-0.1, -0.05) is 147 Å². The van der Waals surface area contributed by atoms with Crippen LogP contribution in [0.25, 0.3) is 21.2 Å². The van der Waals surface area contributed by atoms with Crippen LogP contribution in [0.15, 0.2) is 91.0 Å². The summed E-state index contributed by atoms with van der Waals surface area (Å²) in [7, 11) is 0. The third-order valence-electron chi connectivity index (χ3n) is 21.5. The van der Waals surface area contributed by atoms with Gasteiger partial charge >= 0.3 is 0 Å². The Labute approximate surface area is 462 Å². The van der Waals surface area contributed by atoms with Crippen molar-refractivity contribution in [3.8, 4) is 11.1 Å². The number of aryl methyl sites for hydroxylation is 2. The van der Waals surface area contributed by atoms with E-state index in [2.05, 4.69) is 237 Å². The van der Waals surface area contributed by atoms with Crippen molar-refractivity contribution in [2.45, 2.75) is 219 Å². The molecule has 0 saturated heterocycles. The monoisotopic (exact) mass is 1020 g/mol. The Morgan fingerprint density at radius 2 is 0.842 bits per heavy atom. The third kappa shape index (κ3) is 7.15. The maximum atomic E-state index is 2.81. The molecule has 0 amide bonds. The fourth-order valence-electron chi connectivity index (χ4n) is 15.9. The van der Waals surface area contributed by atoms with E-state index in [0.717, 1.165) is 0 Å². The minimum Gasteiger partial charge on any atom is -0.311 e. The predicted molar refractivity (Wildman–Crippen MR) is 332 cm³/mol. The van der Waals surface area contributed by atoms with Gasteiger partial charge < -0.3 is 9.80 Å². The minimum absolute atomic E-state index is 0.0266. The predicted octanol–water partition coefficient (Wildman–Crippen LogP) is 18.7. The van der Waals surface area contributed by atoms with Gasteiger partial charge in [0.1, 0.15) is 0 Å². The number of anilines is 6. The van der Waals surface area contributed by atoms with E-state index >= 15 is 0 Å². The summed E-state index contributed by atoms with van der Waals surface area (Å²) in [5.41, 5.74) is 28.9. The molecular weight excluding hydrogens is 936 g/mol. The molecule has 392 valence electrons. The summed E-state index contributed by atoms with van der Waals surface area (Å²) in [6, 6.07) is 38.2. The molecule has 0 bridgehead atoms. The molecule has 76 heavy (non-hydrogen) atoms. The number of benzene rings is 6. The van der Waals surface area contributed by atoms with Gasteiger partial charge in [0, 0.05) is 43.2 Å². The molecule has 0 atom stereocenters. The average molecular weight is 1020 g/mol. The van der Waals surface area contributed by atoms with Gasteiger partial charge in [-0.2, -0.15) is 0 Å². The van der Waals surface area contributed by atoms with Crippen LogP contribution in [-0.4, -0.2) is 6.71 Å². The van der Waals surface area contributed by atoms with Crippen molar-refractivity contribution in [3.63, 3.8) is 0 Å². The van der Waals surface area contributed by atoms with Crippen molar-refractivity contribution in [3.05, 3.63) is 147 Å². The van der Waals surface area contributed by atoms with Crippen LogP contribution in [0.4, 0.5) is 34.1 Å². The molecule has 0 radical (unpaired) electrons. The highest BCUT2D eigenvalue weighted by atomic mass is 32.1. The van der Waals surface area contributed by atoms with E-state index in [1.807, 2.05) is 0 Å². The first-order valence-corrected chi connectivity index (χ1v) is 30.2. The molecule has 0 saturated carbocycles. The molecule has 2 aliphatic heterocycles. The van der Waals surface area contributed by atoms with Crippen molar-refractivity contribution >= 4 is 78.0 Å². The first kappa shape index (κ1) is 50.4. The van der Waals surface area contributed by atoms with Gasteiger partial charge in [-0.3, -0.25) is 0 Å². The lowest BCUT2D eigenvalue weighted by Gasteiger charge is -2.48. The summed E-state index contributed by atoms with van der Waals surface area (Å²) in [6.07, 6.45) is 9.49. The van der Waals surface area contributed by atoms with Crippen molar-refractivity contribution < 1.29 is 0 Å². The maximum absolute atomic E-state index is 2.81. The molecule has 6 aliphatic rings. The van der Waals surface area contributed by atoms with Crippen LogP contribution in [0.3, 0.4) is 0 Å². The van der Waals surface area contributed by atoms with Crippen molar-refractivity contribution in [1.82, 2.24) is 0 Å². The number of fused-ring (bicyclic) bond motifs is 10. The molecule has 6 aromatic carbocycles. The van der Waals surface area contributed by atoms with E-state index in [9.17, 15) is 0 Å². The largest absolute Gasteiger partial charge is 0.311 e. The van der Waals surface area contributed by atoms with Crippen LogP contribution >= 0.6 is 11.3 Å². The highest BCUT2D eigenvalue weighted by Gasteiger charge is 2.50. The standard InChI is InChI=1S/C72H85BN2S/c1-42-33-59-62-60(34-42)75(57-39-53-50(67(7,8)27-30-70(53,13)14)36-46(57)45-22-20-19-21-43(45)2)58-40-54-52(69(11,12)29-31-71(54,15)16)38-56(58)73(62)64-63(47-37-51-55(41-61(47)76-64)72(17,18)32-28-68(51,9)10)74(59)44-23-24-48-49(35-44)66(5,6)26-25-65(48,3)4/h19-24,33-41H,25-32H2,1-18H3. The Morgan fingerprint density at radius 3 is 1.39 bits per heavy atom. The number of hydrogen-bond acceptors (Lipinski definition) is 3. The normalized spacial score (nSPS) is 21.9. The lowest BCUT2D eigenvalue weighted by Crippen LogP contribution is -2.61. The lowest BCUT2D eigenvalue weighted by molar-refractivity contribution is 0.332. The molecule has 7 aromatic rings. The molecule has 13 rings (SSSR count). The van der Waals surface area contributed by atoms with Crippen molar-refractivity contribution in [1.29, 1.82) is 0 Å². The zero-order valence-electron chi connectivity index (χ0n) is 49.7. The quantitative estimate of drug-likeness (QED) is 0.163. The van der Waals surface area contributed by atoms with Gasteiger partial charge in [0.2, 0.25) is 0 Å². The second-order valence-corrected chi connectivity index (χ2v) is 31.6. The highest BCUT2D eigenvalue weighted by molar-refractivity contribution is 7.33. The van der Waals surface area contributed by atoms with Crippen molar-refractivity contribution in [2.24, 2.45) is 0 Å². The number of hydrogen-bond donors (Lipinski definition) is 0. The fourth-order valence-corrected chi connectivity index (χ4v) is 17.2. The fraction of sp³-hybridized carbons (Fsp3) is 0.472. The maximum Gasteiger partial charge on any atom is 0.264 e. The van der Waals surface area contributed by atoms with Gasteiger partial charge in [0.15, 0.2) is 0 Å².